The maximum atomic E-state index is 13.8. The summed E-state index contributed by atoms with van der Waals surface area (Å²) in [6.45, 7) is 3.61. The molecule has 0 heterocycles. The number of amides is 1. The van der Waals surface area contributed by atoms with Gasteiger partial charge >= 0.3 is 5.97 Å². The molecular weight excluding hydrogens is 309 g/mol. The summed E-state index contributed by atoms with van der Waals surface area (Å²) in [4.78, 5) is 25.6. The van der Waals surface area contributed by atoms with Crippen LogP contribution in [0.25, 0.3) is 0 Å². The van der Waals surface area contributed by atoms with Crippen LogP contribution in [-0.2, 0) is 16.0 Å². The highest BCUT2D eigenvalue weighted by molar-refractivity contribution is 6.00. The molecule has 0 bridgehead atoms. The van der Waals surface area contributed by atoms with Crippen LogP contribution in [0.4, 0.5) is 10.1 Å². The van der Waals surface area contributed by atoms with Crippen LogP contribution in [-0.4, -0.2) is 23.0 Å². The minimum absolute atomic E-state index is 0.190. The molecule has 1 unspecified atom stereocenters. The summed E-state index contributed by atoms with van der Waals surface area (Å²) < 4.78 is 13.8. The summed E-state index contributed by atoms with van der Waals surface area (Å²) in [6, 6.07) is 12.1. The number of carbonyl (C=O) groups is 2. The highest BCUT2D eigenvalue weighted by atomic mass is 19.1. The zero-order valence-corrected chi connectivity index (χ0v) is 13.7. The molecule has 0 fully saturated rings. The van der Waals surface area contributed by atoms with Gasteiger partial charge in [-0.3, -0.25) is 9.69 Å². The van der Waals surface area contributed by atoms with Gasteiger partial charge in [0.25, 0.3) is 0 Å². The molecular formula is C19H20FNO3. The molecule has 4 nitrogen and oxygen atoms in total. The Labute approximate surface area is 140 Å². The molecule has 1 N–H and O–H groups in total. The van der Waals surface area contributed by atoms with Crippen molar-refractivity contribution in [3.05, 3.63) is 65.5 Å². The first-order chi connectivity index (χ1) is 11.4. The molecule has 126 valence electrons. The number of carboxylic acids is 1. The minimum Gasteiger partial charge on any atom is -0.480 e. The van der Waals surface area contributed by atoms with Crippen LogP contribution in [0.15, 0.2) is 48.5 Å². The number of carbonyl (C=O) groups excluding carboxylic acids is 1. The Bertz CT molecular complexity index is 728. The molecule has 0 saturated carbocycles. The summed E-state index contributed by atoms with van der Waals surface area (Å²) in [7, 11) is 0. The maximum Gasteiger partial charge on any atom is 0.326 e. The normalized spacial score (nSPS) is 11.8. The maximum absolute atomic E-state index is 13.8. The van der Waals surface area contributed by atoms with Crippen molar-refractivity contribution in [1.29, 1.82) is 0 Å². The van der Waals surface area contributed by atoms with E-state index in [4.69, 9.17) is 0 Å². The fraction of sp³-hybridized carbons (Fsp3) is 0.263. The number of halogens is 1. The second-order valence-corrected chi connectivity index (χ2v) is 5.63. The topological polar surface area (TPSA) is 57.6 Å². The average Bonchev–Trinajstić information content (AvgIpc) is 2.55. The molecule has 1 atom stereocenters. The Kier molecular flexibility index (Phi) is 5.68. The molecule has 5 heteroatoms. The van der Waals surface area contributed by atoms with Crippen LogP contribution >= 0.6 is 0 Å². The Morgan fingerprint density at radius 3 is 2.29 bits per heavy atom. The highest BCUT2D eigenvalue weighted by Crippen LogP contribution is 2.22. The third-order valence-electron chi connectivity index (χ3n) is 3.86. The van der Waals surface area contributed by atoms with Gasteiger partial charge in [0, 0.05) is 5.69 Å². The summed E-state index contributed by atoms with van der Waals surface area (Å²) in [5.74, 6) is -2.00. The average molecular weight is 329 g/mol. The minimum atomic E-state index is -1.08. The van der Waals surface area contributed by atoms with Gasteiger partial charge < -0.3 is 5.11 Å². The molecule has 2 rings (SSSR count). The fourth-order valence-electron chi connectivity index (χ4n) is 2.56. The van der Waals surface area contributed by atoms with Gasteiger partial charge in [0.1, 0.15) is 11.9 Å². The Balaban J connectivity index is 2.37. The van der Waals surface area contributed by atoms with E-state index in [-0.39, 0.29) is 18.4 Å². The van der Waals surface area contributed by atoms with E-state index in [1.165, 1.54) is 17.0 Å². The van der Waals surface area contributed by atoms with Gasteiger partial charge in [-0.25, -0.2) is 9.18 Å². The van der Waals surface area contributed by atoms with Crippen molar-refractivity contribution in [2.75, 3.05) is 4.90 Å². The molecule has 1 amide bonds. The van der Waals surface area contributed by atoms with E-state index < -0.39 is 23.7 Å². The van der Waals surface area contributed by atoms with Crippen molar-refractivity contribution in [2.24, 2.45) is 0 Å². The quantitative estimate of drug-likeness (QED) is 0.881. The van der Waals surface area contributed by atoms with Crippen molar-refractivity contribution in [3.8, 4) is 0 Å². The lowest BCUT2D eigenvalue weighted by atomic mass is 10.1. The van der Waals surface area contributed by atoms with Crippen LogP contribution in [0.3, 0.4) is 0 Å². The molecule has 24 heavy (non-hydrogen) atoms. The molecule has 0 aliphatic carbocycles. The Hall–Kier alpha value is -2.69. The lowest BCUT2D eigenvalue weighted by Crippen LogP contribution is -2.45. The van der Waals surface area contributed by atoms with Gasteiger partial charge in [0.2, 0.25) is 5.91 Å². The molecule has 0 aliphatic heterocycles. The highest BCUT2D eigenvalue weighted by Gasteiger charge is 2.29. The van der Waals surface area contributed by atoms with E-state index in [0.29, 0.717) is 5.69 Å². The van der Waals surface area contributed by atoms with Crippen molar-refractivity contribution in [1.82, 2.24) is 0 Å². The predicted octanol–water partition coefficient (Wildman–Crippen LogP) is 3.57. The largest absolute Gasteiger partial charge is 0.480 e. The third-order valence-corrected chi connectivity index (χ3v) is 3.86. The van der Waals surface area contributed by atoms with Gasteiger partial charge in [-0.05, 0) is 37.1 Å². The molecule has 0 saturated heterocycles. The zero-order valence-electron chi connectivity index (χ0n) is 13.7. The number of anilines is 1. The second-order valence-electron chi connectivity index (χ2n) is 5.63. The molecule has 0 spiro atoms. The first-order valence-corrected chi connectivity index (χ1v) is 7.79. The Morgan fingerprint density at radius 2 is 1.75 bits per heavy atom. The third kappa shape index (κ3) is 3.98. The standard InChI is InChI=1S/C19H20FNO3/c1-3-17(19(23)24)21(15-10-8-13(2)9-11-15)18(22)12-14-6-4-5-7-16(14)20/h4-11,17H,3,12H2,1-2H3,(H,23,24). The van der Waals surface area contributed by atoms with Gasteiger partial charge in [-0.2, -0.15) is 0 Å². The van der Waals surface area contributed by atoms with Crippen molar-refractivity contribution >= 4 is 17.6 Å². The van der Waals surface area contributed by atoms with Gasteiger partial charge in [-0.15, -0.1) is 0 Å². The van der Waals surface area contributed by atoms with Crippen LogP contribution < -0.4 is 4.90 Å². The van der Waals surface area contributed by atoms with E-state index in [9.17, 15) is 19.1 Å². The summed E-state index contributed by atoms with van der Waals surface area (Å²) >= 11 is 0. The number of hydrogen-bond acceptors (Lipinski definition) is 2. The van der Waals surface area contributed by atoms with Crippen LogP contribution in [0, 0.1) is 12.7 Å². The predicted molar refractivity (Wildman–Crippen MR) is 90.5 cm³/mol. The van der Waals surface area contributed by atoms with Crippen LogP contribution in [0.5, 0.6) is 0 Å². The molecule has 0 aromatic heterocycles. The lowest BCUT2D eigenvalue weighted by Gasteiger charge is -2.28. The molecule has 0 aliphatic rings. The van der Waals surface area contributed by atoms with E-state index in [1.54, 1.807) is 31.2 Å². The van der Waals surface area contributed by atoms with Crippen molar-refractivity contribution in [3.63, 3.8) is 0 Å². The number of benzene rings is 2. The van der Waals surface area contributed by atoms with E-state index >= 15 is 0 Å². The SMILES string of the molecule is CCC(C(=O)O)N(C(=O)Cc1ccccc1F)c1ccc(C)cc1. The summed E-state index contributed by atoms with van der Waals surface area (Å²) in [5.41, 5.74) is 1.75. The van der Waals surface area contributed by atoms with Gasteiger partial charge in [-0.1, -0.05) is 42.8 Å². The fourth-order valence-corrected chi connectivity index (χ4v) is 2.56. The number of carboxylic acid groups (broad SMARTS) is 1. The smallest absolute Gasteiger partial charge is 0.326 e. The van der Waals surface area contributed by atoms with Crippen molar-refractivity contribution < 1.29 is 19.1 Å². The summed E-state index contributed by atoms with van der Waals surface area (Å²) in [6.07, 6.45) is 0.0660. The van der Waals surface area contributed by atoms with E-state index in [2.05, 4.69) is 0 Å². The van der Waals surface area contributed by atoms with Crippen LogP contribution in [0.1, 0.15) is 24.5 Å². The number of hydrogen-bond donors (Lipinski definition) is 1. The monoisotopic (exact) mass is 329 g/mol. The summed E-state index contributed by atoms with van der Waals surface area (Å²) in [5, 5.41) is 9.46. The molecule has 0 radical (unpaired) electrons. The number of rotatable bonds is 6. The zero-order chi connectivity index (χ0) is 17.7. The number of aryl methyl sites for hydroxylation is 1. The van der Waals surface area contributed by atoms with Crippen LogP contribution in [0.2, 0.25) is 0 Å². The number of nitrogens with zero attached hydrogens (tertiary/aromatic N) is 1. The van der Waals surface area contributed by atoms with Gasteiger partial charge in [0.15, 0.2) is 0 Å². The van der Waals surface area contributed by atoms with E-state index in [1.807, 2.05) is 19.1 Å². The molecule has 2 aromatic carbocycles. The number of aliphatic carboxylic acids is 1. The van der Waals surface area contributed by atoms with Gasteiger partial charge in [0.05, 0.1) is 6.42 Å². The Morgan fingerprint density at radius 1 is 1.12 bits per heavy atom. The second kappa shape index (κ2) is 7.73. The van der Waals surface area contributed by atoms with Crippen molar-refractivity contribution in [2.45, 2.75) is 32.7 Å². The lowest BCUT2D eigenvalue weighted by molar-refractivity contribution is -0.140. The first kappa shape index (κ1) is 17.7. The first-order valence-electron chi connectivity index (χ1n) is 7.79. The van der Waals surface area contributed by atoms with E-state index in [0.717, 1.165) is 5.56 Å². The molecule has 2 aromatic rings.